The van der Waals surface area contributed by atoms with Gasteiger partial charge in [-0.2, -0.15) is 0 Å². The van der Waals surface area contributed by atoms with Crippen LogP contribution in [-0.4, -0.2) is 35.1 Å². The van der Waals surface area contributed by atoms with E-state index in [9.17, 15) is 9.90 Å². The summed E-state index contributed by atoms with van der Waals surface area (Å²) in [5.41, 5.74) is -0.336. The first kappa shape index (κ1) is 12.5. The third-order valence-electron chi connectivity index (χ3n) is 2.99. The molecule has 1 atom stereocenters. The Morgan fingerprint density at radius 1 is 1.33 bits per heavy atom. The molecule has 88 valence electrons. The van der Waals surface area contributed by atoms with Crippen LogP contribution in [0.25, 0.3) is 0 Å². The third kappa shape index (κ3) is 3.20. The first-order valence-electron chi connectivity index (χ1n) is 5.88. The summed E-state index contributed by atoms with van der Waals surface area (Å²) in [6.45, 7) is 6.72. The lowest BCUT2D eigenvalue weighted by Gasteiger charge is -2.34. The first-order valence-corrected chi connectivity index (χ1v) is 5.88. The van der Waals surface area contributed by atoms with Crippen LogP contribution in [0, 0.1) is 5.41 Å². The molecule has 1 amide bonds. The van der Waals surface area contributed by atoms with Gasteiger partial charge >= 0.3 is 0 Å². The van der Waals surface area contributed by atoms with Crippen LogP contribution in [0.2, 0.25) is 0 Å². The molecule has 0 radical (unpaired) electrons. The molecular weight excluding hydrogens is 190 g/mol. The highest BCUT2D eigenvalue weighted by Gasteiger charge is 2.32. The molecule has 0 spiro atoms. The molecule has 0 aromatic heterocycles. The summed E-state index contributed by atoms with van der Waals surface area (Å²) in [6.07, 6.45) is 4.31. The van der Waals surface area contributed by atoms with E-state index in [2.05, 4.69) is 0 Å². The van der Waals surface area contributed by atoms with Crippen LogP contribution in [0.3, 0.4) is 0 Å². The maximum Gasteiger partial charge on any atom is 0.228 e. The second kappa shape index (κ2) is 4.97. The predicted molar refractivity (Wildman–Crippen MR) is 60.5 cm³/mol. The molecule has 0 aromatic carbocycles. The van der Waals surface area contributed by atoms with Crippen molar-refractivity contribution in [3.8, 4) is 0 Å². The highest BCUT2D eigenvalue weighted by atomic mass is 16.3. The predicted octanol–water partition coefficient (Wildman–Crippen LogP) is 1.80. The van der Waals surface area contributed by atoms with E-state index in [1.165, 1.54) is 6.42 Å². The van der Waals surface area contributed by atoms with E-state index < -0.39 is 0 Å². The van der Waals surface area contributed by atoms with Crippen molar-refractivity contribution in [1.29, 1.82) is 0 Å². The number of aliphatic hydroxyl groups is 1. The summed E-state index contributed by atoms with van der Waals surface area (Å²) in [5.74, 6) is 0.170. The Bertz CT molecular complexity index is 220. The first-order chi connectivity index (χ1) is 6.96. The van der Waals surface area contributed by atoms with Crippen molar-refractivity contribution in [1.82, 2.24) is 4.90 Å². The number of rotatable bonds is 1. The van der Waals surface area contributed by atoms with Gasteiger partial charge in [0.25, 0.3) is 0 Å². The largest absolute Gasteiger partial charge is 0.394 e. The number of carbonyl (C=O) groups is 1. The Labute approximate surface area is 92.5 Å². The summed E-state index contributed by atoms with van der Waals surface area (Å²) < 4.78 is 0. The normalized spacial score (nSPS) is 23.7. The van der Waals surface area contributed by atoms with E-state index in [4.69, 9.17) is 0 Å². The lowest BCUT2D eigenvalue weighted by atomic mass is 9.93. The fraction of sp³-hybridized carbons (Fsp3) is 0.917. The van der Waals surface area contributed by atoms with E-state index in [-0.39, 0.29) is 24.0 Å². The van der Waals surface area contributed by atoms with Gasteiger partial charge in [0.1, 0.15) is 0 Å². The van der Waals surface area contributed by atoms with Crippen LogP contribution in [0.5, 0.6) is 0 Å². The summed E-state index contributed by atoms with van der Waals surface area (Å²) in [6, 6.07) is 0.0409. The van der Waals surface area contributed by atoms with Gasteiger partial charge in [-0.05, 0) is 12.8 Å². The maximum atomic E-state index is 12.2. The molecule has 0 bridgehead atoms. The zero-order valence-corrected chi connectivity index (χ0v) is 10.1. The van der Waals surface area contributed by atoms with E-state index in [0.29, 0.717) is 0 Å². The Morgan fingerprint density at radius 2 is 2.00 bits per heavy atom. The summed E-state index contributed by atoms with van der Waals surface area (Å²) in [5, 5.41) is 9.31. The third-order valence-corrected chi connectivity index (χ3v) is 2.99. The molecule has 0 aromatic rings. The zero-order chi connectivity index (χ0) is 11.5. The lowest BCUT2D eigenvalue weighted by molar-refractivity contribution is -0.142. The molecule has 15 heavy (non-hydrogen) atoms. The molecule has 1 aliphatic rings. The van der Waals surface area contributed by atoms with Crippen molar-refractivity contribution in [3.05, 3.63) is 0 Å². The van der Waals surface area contributed by atoms with Crippen LogP contribution in [0.4, 0.5) is 0 Å². The summed E-state index contributed by atoms with van der Waals surface area (Å²) in [7, 11) is 0. The van der Waals surface area contributed by atoms with Crippen molar-refractivity contribution >= 4 is 5.91 Å². The van der Waals surface area contributed by atoms with Gasteiger partial charge in [0.2, 0.25) is 5.91 Å². The number of aliphatic hydroxyl groups excluding tert-OH is 1. The fourth-order valence-corrected chi connectivity index (χ4v) is 2.07. The second-order valence-electron chi connectivity index (χ2n) is 5.43. The number of hydrogen-bond donors (Lipinski definition) is 1. The Kier molecular flexibility index (Phi) is 4.14. The monoisotopic (exact) mass is 213 g/mol. The summed E-state index contributed by atoms with van der Waals surface area (Å²) >= 11 is 0. The van der Waals surface area contributed by atoms with Gasteiger partial charge in [-0.25, -0.2) is 0 Å². The van der Waals surface area contributed by atoms with Crippen molar-refractivity contribution in [2.75, 3.05) is 13.2 Å². The molecule has 3 nitrogen and oxygen atoms in total. The number of likely N-dealkylation sites (tertiary alicyclic amines) is 1. The van der Waals surface area contributed by atoms with Gasteiger partial charge < -0.3 is 10.0 Å². The van der Waals surface area contributed by atoms with E-state index in [0.717, 1.165) is 25.8 Å². The maximum absolute atomic E-state index is 12.2. The molecule has 1 rings (SSSR count). The van der Waals surface area contributed by atoms with Gasteiger partial charge in [-0.3, -0.25) is 4.79 Å². The molecule has 1 heterocycles. The molecular formula is C12H23NO2. The van der Waals surface area contributed by atoms with Crippen molar-refractivity contribution in [2.45, 2.75) is 52.5 Å². The topological polar surface area (TPSA) is 40.5 Å². The Morgan fingerprint density at radius 3 is 2.53 bits per heavy atom. The average Bonchev–Trinajstić information content (AvgIpc) is 2.39. The quantitative estimate of drug-likeness (QED) is 0.721. The van der Waals surface area contributed by atoms with Crippen LogP contribution < -0.4 is 0 Å². The second-order valence-corrected chi connectivity index (χ2v) is 5.43. The lowest BCUT2D eigenvalue weighted by Crippen LogP contribution is -2.47. The molecule has 1 aliphatic heterocycles. The number of nitrogens with zero attached hydrogens (tertiary/aromatic N) is 1. The molecule has 1 N–H and O–H groups in total. The van der Waals surface area contributed by atoms with Gasteiger partial charge in [0.05, 0.1) is 12.6 Å². The van der Waals surface area contributed by atoms with E-state index in [1.807, 2.05) is 25.7 Å². The van der Waals surface area contributed by atoms with Crippen LogP contribution in [0.15, 0.2) is 0 Å². The molecule has 1 unspecified atom stereocenters. The van der Waals surface area contributed by atoms with Gasteiger partial charge in [-0.15, -0.1) is 0 Å². The van der Waals surface area contributed by atoms with Crippen LogP contribution in [-0.2, 0) is 4.79 Å². The zero-order valence-electron chi connectivity index (χ0n) is 10.1. The minimum absolute atomic E-state index is 0.0409. The fourth-order valence-electron chi connectivity index (χ4n) is 2.07. The minimum Gasteiger partial charge on any atom is -0.394 e. The molecule has 0 saturated carbocycles. The number of hydrogen-bond acceptors (Lipinski definition) is 2. The Balaban J connectivity index is 2.74. The van der Waals surface area contributed by atoms with Crippen LogP contribution in [0.1, 0.15) is 46.5 Å². The van der Waals surface area contributed by atoms with Crippen LogP contribution >= 0.6 is 0 Å². The standard InChI is InChI=1S/C12H23NO2/c1-12(2,3)11(15)13-8-6-4-5-7-10(13)9-14/h10,14H,4-9H2,1-3H3. The molecule has 1 fully saturated rings. The van der Waals surface area contributed by atoms with Gasteiger partial charge in [0, 0.05) is 12.0 Å². The van der Waals surface area contributed by atoms with Crippen molar-refractivity contribution in [2.24, 2.45) is 5.41 Å². The highest BCUT2D eigenvalue weighted by molar-refractivity contribution is 5.81. The number of amides is 1. The van der Waals surface area contributed by atoms with E-state index >= 15 is 0 Å². The highest BCUT2D eigenvalue weighted by Crippen LogP contribution is 2.23. The van der Waals surface area contributed by atoms with Crippen molar-refractivity contribution in [3.63, 3.8) is 0 Å². The summed E-state index contributed by atoms with van der Waals surface area (Å²) in [4.78, 5) is 14.0. The SMILES string of the molecule is CC(C)(C)C(=O)N1CCCCCC1CO. The average molecular weight is 213 g/mol. The van der Waals surface area contributed by atoms with E-state index in [1.54, 1.807) is 0 Å². The molecule has 1 saturated heterocycles. The smallest absolute Gasteiger partial charge is 0.228 e. The minimum atomic E-state index is -0.336. The van der Waals surface area contributed by atoms with Gasteiger partial charge in [-0.1, -0.05) is 33.6 Å². The molecule has 0 aliphatic carbocycles. The number of carbonyl (C=O) groups excluding carboxylic acids is 1. The van der Waals surface area contributed by atoms with Crippen molar-refractivity contribution < 1.29 is 9.90 Å². The Hall–Kier alpha value is -0.570. The van der Waals surface area contributed by atoms with Gasteiger partial charge in [0.15, 0.2) is 0 Å². The molecule has 3 heteroatoms.